The van der Waals surface area contributed by atoms with Crippen LogP contribution in [0.1, 0.15) is 13.3 Å². The lowest BCUT2D eigenvalue weighted by molar-refractivity contribution is 0.0675. The first-order valence-electron chi connectivity index (χ1n) is 8.16. The molecule has 0 spiro atoms. The largest absolute Gasteiger partial charge is 0.486 e. The molecule has 2 atom stereocenters. The quantitative estimate of drug-likeness (QED) is 0.746. The average molecular weight is 320 g/mol. The van der Waals surface area contributed by atoms with Gasteiger partial charge in [0.1, 0.15) is 6.61 Å². The molecule has 1 aromatic rings. The summed E-state index contributed by atoms with van der Waals surface area (Å²) in [5, 5.41) is 2.97. The summed E-state index contributed by atoms with van der Waals surface area (Å²) in [7, 11) is 0. The van der Waals surface area contributed by atoms with E-state index in [1.165, 1.54) is 0 Å². The number of urea groups is 1. The number of ether oxygens (including phenoxy) is 2. The van der Waals surface area contributed by atoms with Gasteiger partial charge in [-0.15, -0.1) is 0 Å². The van der Waals surface area contributed by atoms with E-state index in [1.807, 2.05) is 31.2 Å². The Kier molecular flexibility index (Phi) is 5.19. The SMILES string of the molecule is CCN(CC1COc2ccccc2O1)C(=O)NCC1CCNN1. The summed E-state index contributed by atoms with van der Waals surface area (Å²) in [5.41, 5.74) is 6.20. The third-order valence-electron chi connectivity index (χ3n) is 4.08. The maximum Gasteiger partial charge on any atom is 0.317 e. The van der Waals surface area contributed by atoms with Gasteiger partial charge < -0.3 is 19.7 Å². The van der Waals surface area contributed by atoms with Crippen molar-refractivity contribution in [2.45, 2.75) is 25.5 Å². The number of fused-ring (bicyclic) bond motifs is 1. The normalized spacial score (nSPS) is 22.7. The number of hydrogen-bond donors (Lipinski definition) is 3. The molecule has 2 unspecified atom stereocenters. The molecular weight excluding hydrogens is 296 g/mol. The zero-order valence-electron chi connectivity index (χ0n) is 13.4. The maximum absolute atomic E-state index is 12.3. The smallest absolute Gasteiger partial charge is 0.317 e. The molecule has 0 radical (unpaired) electrons. The number of benzene rings is 1. The molecule has 7 heteroatoms. The van der Waals surface area contributed by atoms with E-state index in [1.54, 1.807) is 4.90 Å². The predicted molar refractivity (Wildman–Crippen MR) is 86.5 cm³/mol. The van der Waals surface area contributed by atoms with Gasteiger partial charge in [-0.25, -0.2) is 4.79 Å². The summed E-state index contributed by atoms with van der Waals surface area (Å²) < 4.78 is 11.6. The molecule has 23 heavy (non-hydrogen) atoms. The molecule has 0 saturated carbocycles. The van der Waals surface area contributed by atoms with Crippen LogP contribution in [0.15, 0.2) is 24.3 Å². The first-order valence-corrected chi connectivity index (χ1v) is 8.16. The van der Waals surface area contributed by atoms with Crippen LogP contribution in [-0.4, -0.2) is 55.9 Å². The van der Waals surface area contributed by atoms with Gasteiger partial charge in [0.15, 0.2) is 17.6 Å². The summed E-state index contributed by atoms with van der Waals surface area (Å²) >= 11 is 0. The highest BCUT2D eigenvalue weighted by Crippen LogP contribution is 2.30. The van der Waals surface area contributed by atoms with Crippen molar-refractivity contribution in [2.24, 2.45) is 0 Å². The molecule has 1 fully saturated rings. The number of amides is 2. The second kappa shape index (κ2) is 7.52. The maximum atomic E-state index is 12.3. The second-order valence-corrected chi connectivity index (χ2v) is 5.78. The topological polar surface area (TPSA) is 74.9 Å². The van der Waals surface area contributed by atoms with Crippen molar-refractivity contribution in [1.82, 2.24) is 21.1 Å². The van der Waals surface area contributed by atoms with Gasteiger partial charge in [0, 0.05) is 25.7 Å². The van der Waals surface area contributed by atoms with Gasteiger partial charge in [0.05, 0.1) is 6.54 Å². The Labute approximate surface area is 136 Å². The zero-order chi connectivity index (χ0) is 16.1. The van der Waals surface area contributed by atoms with Crippen molar-refractivity contribution < 1.29 is 14.3 Å². The molecular formula is C16H24N4O3. The number of para-hydroxylation sites is 2. The minimum Gasteiger partial charge on any atom is -0.486 e. The van der Waals surface area contributed by atoms with E-state index in [0.717, 1.165) is 24.5 Å². The standard InChI is InChI=1S/C16H24N4O3/c1-2-20(16(21)17-9-12-7-8-18-19-12)10-13-11-22-14-5-3-4-6-15(14)23-13/h3-6,12-13,18-19H,2,7-11H2,1H3,(H,17,21). The van der Waals surface area contributed by atoms with Crippen LogP contribution < -0.4 is 25.6 Å². The van der Waals surface area contributed by atoms with E-state index in [0.29, 0.717) is 32.3 Å². The monoisotopic (exact) mass is 320 g/mol. The van der Waals surface area contributed by atoms with Gasteiger partial charge in [0.2, 0.25) is 0 Å². The Bertz CT molecular complexity index is 534. The minimum absolute atomic E-state index is 0.0661. The number of rotatable bonds is 5. The van der Waals surface area contributed by atoms with Crippen LogP contribution in [0.2, 0.25) is 0 Å². The number of carbonyl (C=O) groups is 1. The lowest BCUT2D eigenvalue weighted by atomic mass is 10.2. The fraction of sp³-hybridized carbons (Fsp3) is 0.562. The molecule has 1 saturated heterocycles. The Morgan fingerprint density at radius 1 is 1.39 bits per heavy atom. The molecule has 2 aliphatic heterocycles. The number of hydrogen-bond acceptors (Lipinski definition) is 5. The van der Waals surface area contributed by atoms with Crippen molar-refractivity contribution in [3.8, 4) is 11.5 Å². The molecule has 1 aromatic carbocycles. The fourth-order valence-corrected chi connectivity index (χ4v) is 2.76. The summed E-state index contributed by atoms with van der Waals surface area (Å²) in [6, 6.07) is 7.83. The van der Waals surface area contributed by atoms with Crippen molar-refractivity contribution in [3.05, 3.63) is 24.3 Å². The second-order valence-electron chi connectivity index (χ2n) is 5.78. The molecule has 126 valence electrons. The molecule has 2 aliphatic rings. The minimum atomic E-state index is -0.151. The average Bonchev–Trinajstić information content (AvgIpc) is 3.11. The van der Waals surface area contributed by atoms with Crippen molar-refractivity contribution in [1.29, 1.82) is 0 Å². The molecule has 7 nitrogen and oxygen atoms in total. The molecule has 3 rings (SSSR count). The highest BCUT2D eigenvalue weighted by molar-refractivity contribution is 5.74. The van der Waals surface area contributed by atoms with Gasteiger partial charge in [-0.2, -0.15) is 0 Å². The van der Waals surface area contributed by atoms with E-state index < -0.39 is 0 Å². The number of nitrogens with one attached hydrogen (secondary N) is 3. The fourth-order valence-electron chi connectivity index (χ4n) is 2.76. The molecule has 2 heterocycles. The van der Waals surface area contributed by atoms with Crippen LogP contribution in [-0.2, 0) is 0 Å². The van der Waals surface area contributed by atoms with E-state index in [9.17, 15) is 4.79 Å². The molecule has 0 aliphatic carbocycles. The van der Waals surface area contributed by atoms with E-state index in [4.69, 9.17) is 9.47 Å². The first kappa shape index (κ1) is 15.9. The Hall–Kier alpha value is -1.99. The van der Waals surface area contributed by atoms with Gasteiger partial charge in [0.25, 0.3) is 0 Å². The van der Waals surface area contributed by atoms with Crippen LogP contribution in [0.4, 0.5) is 4.79 Å². The number of hydrazine groups is 1. The summed E-state index contributed by atoms with van der Waals surface area (Å²) in [5.74, 6) is 1.50. The predicted octanol–water partition coefficient (Wildman–Crippen LogP) is 0.724. The van der Waals surface area contributed by atoms with Crippen LogP contribution in [0, 0.1) is 0 Å². The van der Waals surface area contributed by atoms with Crippen LogP contribution in [0.5, 0.6) is 11.5 Å². The zero-order valence-corrected chi connectivity index (χ0v) is 13.4. The van der Waals surface area contributed by atoms with E-state index >= 15 is 0 Å². The van der Waals surface area contributed by atoms with E-state index in [-0.39, 0.29) is 12.1 Å². The van der Waals surface area contributed by atoms with E-state index in [2.05, 4.69) is 16.2 Å². The highest BCUT2D eigenvalue weighted by atomic mass is 16.6. The van der Waals surface area contributed by atoms with Crippen LogP contribution in [0.25, 0.3) is 0 Å². The molecule has 0 aromatic heterocycles. The highest BCUT2D eigenvalue weighted by Gasteiger charge is 2.25. The molecule has 0 bridgehead atoms. The summed E-state index contributed by atoms with van der Waals surface area (Å²) in [6.07, 6.45) is 0.866. The van der Waals surface area contributed by atoms with Gasteiger partial charge >= 0.3 is 6.03 Å². The van der Waals surface area contributed by atoms with Crippen LogP contribution >= 0.6 is 0 Å². The third-order valence-corrected chi connectivity index (χ3v) is 4.08. The molecule has 2 amide bonds. The first-order chi connectivity index (χ1) is 11.3. The van der Waals surface area contributed by atoms with Crippen LogP contribution in [0.3, 0.4) is 0 Å². The van der Waals surface area contributed by atoms with Gasteiger partial charge in [-0.05, 0) is 25.5 Å². The summed E-state index contributed by atoms with van der Waals surface area (Å²) in [6.45, 7) is 5.11. The lowest BCUT2D eigenvalue weighted by Crippen LogP contribution is -2.49. The van der Waals surface area contributed by atoms with Gasteiger partial charge in [-0.1, -0.05) is 12.1 Å². The molecule has 3 N–H and O–H groups in total. The number of nitrogens with zero attached hydrogens (tertiary/aromatic N) is 1. The lowest BCUT2D eigenvalue weighted by Gasteiger charge is -2.31. The van der Waals surface area contributed by atoms with Crippen molar-refractivity contribution in [2.75, 3.05) is 32.8 Å². The Morgan fingerprint density at radius 2 is 2.22 bits per heavy atom. The van der Waals surface area contributed by atoms with Crippen molar-refractivity contribution >= 4 is 6.03 Å². The van der Waals surface area contributed by atoms with Crippen molar-refractivity contribution in [3.63, 3.8) is 0 Å². The third kappa shape index (κ3) is 4.05. The summed E-state index contributed by atoms with van der Waals surface area (Å²) in [4.78, 5) is 14.1. The number of carbonyl (C=O) groups excluding carboxylic acids is 1. The van der Waals surface area contributed by atoms with Gasteiger partial charge in [-0.3, -0.25) is 10.9 Å². The Balaban J connectivity index is 1.50. The number of likely N-dealkylation sites (N-methyl/N-ethyl adjacent to an activating group) is 1. The Morgan fingerprint density at radius 3 is 2.96 bits per heavy atom.